The van der Waals surface area contributed by atoms with Gasteiger partial charge in [0.2, 0.25) is 0 Å². The lowest BCUT2D eigenvalue weighted by molar-refractivity contribution is -0.239. The molecule has 0 amide bonds. The number of carbonyl (C=O) groups excluding carboxylic acids is 1. The van der Waals surface area contributed by atoms with Gasteiger partial charge in [-0.15, -0.1) is 0 Å². The van der Waals surface area contributed by atoms with Crippen LogP contribution < -0.4 is 4.52 Å². The predicted molar refractivity (Wildman–Crippen MR) is 126 cm³/mol. The van der Waals surface area contributed by atoms with Gasteiger partial charge in [-0.05, 0) is 65.8 Å². The zero-order valence-corrected chi connectivity index (χ0v) is 22.5. The average Bonchev–Trinajstić information content (AvgIpc) is 3.31. The van der Waals surface area contributed by atoms with Crippen LogP contribution in [-0.2, 0) is 42.0 Å². The third-order valence-corrected chi connectivity index (χ3v) is 7.46. The number of hydrogen-bond acceptors (Lipinski definition) is 11. The molecule has 0 aromatic heterocycles. The van der Waals surface area contributed by atoms with Crippen LogP contribution >= 0.6 is 7.82 Å². The van der Waals surface area contributed by atoms with Crippen LogP contribution in [0.25, 0.3) is 0 Å². The highest BCUT2D eigenvalue weighted by Crippen LogP contribution is 2.55. The Morgan fingerprint density at radius 3 is 1.89 bits per heavy atom. The molecule has 0 radical (unpaired) electrons. The first-order valence-electron chi connectivity index (χ1n) is 12.0. The minimum absolute atomic E-state index is 0.203. The van der Waals surface area contributed by atoms with Gasteiger partial charge in [0.1, 0.15) is 48.7 Å². The molecular weight excluding hydrogens is 495 g/mol. The van der Waals surface area contributed by atoms with Crippen LogP contribution in [0.4, 0.5) is 0 Å². The van der Waals surface area contributed by atoms with Crippen molar-refractivity contribution in [3.05, 3.63) is 29.8 Å². The molecule has 1 saturated carbocycles. The van der Waals surface area contributed by atoms with E-state index in [4.69, 9.17) is 42.0 Å². The van der Waals surface area contributed by atoms with Crippen molar-refractivity contribution in [1.29, 1.82) is 0 Å². The van der Waals surface area contributed by atoms with E-state index in [1.165, 1.54) is 31.4 Å². The van der Waals surface area contributed by atoms with Crippen molar-refractivity contribution >= 4 is 14.1 Å². The lowest BCUT2D eigenvalue weighted by Gasteiger charge is -2.43. The Balaban J connectivity index is 1.64. The Hall–Kier alpha value is -1.40. The zero-order chi connectivity index (χ0) is 26.3. The molecule has 36 heavy (non-hydrogen) atoms. The van der Waals surface area contributed by atoms with Gasteiger partial charge in [-0.2, -0.15) is 0 Å². The molecule has 4 rings (SSSR count). The second-order valence-electron chi connectivity index (χ2n) is 9.73. The van der Waals surface area contributed by atoms with E-state index in [-0.39, 0.29) is 5.75 Å². The van der Waals surface area contributed by atoms with Crippen LogP contribution in [0.2, 0.25) is 0 Å². The number of hydrogen-bond donors (Lipinski definition) is 0. The molecule has 1 aliphatic carbocycles. The highest BCUT2D eigenvalue weighted by molar-refractivity contribution is 7.48. The Labute approximate surface area is 211 Å². The van der Waals surface area contributed by atoms with Gasteiger partial charge in [0, 0.05) is 19.3 Å². The van der Waals surface area contributed by atoms with E-state index in [0.29, 0.717) is 18.5 Å². The summed E-state index contributed by atoms with van der Waals surface area (Å²) in [6.07, 6.45) is -4.21. The highest BCUT2D eigenvalue weighted by atomic mass is 31.2. The Morgan fingerprint density at radius 1 is 0.944 bits per heavy atom. The molecule has 2 heterocycles. The molecule has 8 atom stereocenters. The molecule has 3 fully saturated rings. The average molecular weight is 531 g/mol. The van der Waals surface area contributed by atoms with Gasteiger partial charge in [0.05, 0.1) is 0 Å². The summed E-state index contributed by atoms with van der Waals surface area (Å²) >= 11 is 0. The van der Waals surface area contributed by atoms with Crippen LogP contribution in [0.3, 0.4) is 0 Å². The third kappa shape index (κ3) is 5.85. The number of fused-ring (bicyclic) bond motifs is 2. The number of phosphoric ester groups is 1. The molecule has 3 aliphatic rings. The van der Waals surface area contributed by atoms with E-state index in [9.17, 15) is 9.36 Å². The molecule has 12 heteroatoms. The molecule has 1 aromatic carbocycles. The quantitative estimate of drug-likeness (QED) is 0.249. The molecule has 2 unspecified atom stereocenters. The van der Waals surface area contributed by atoms with Gasteiger partial charge >= 0.3 is 7.82 Å². The molecule has 202 valence electrons. The van der Waals surface area contributed by atoms with Crippen LogP contribution in [0, 0.1) is 0 Å². The monoisotopic (exact) mass is 530 g/mol. The first-order chi connectivity index (χ1) is 16.9. The fraction of sp³-hybridized carbons (Fsp3) is 0.708. The molecule has 2 aliphatic heterocycles. The van der Waals surface area contributed by atoms with Crippen molar-refractivity contribution < 1.29 is 51.4 Å². The van der Waals surface area contributed by atoms with E-state index >= 15 is 0 Å². The van der Waals surface area contributed by atoms with E-state index in [2.05, 4.69) is 0 Å². The zero-order valence-electron chi connectivity index (χ0n) is 21.6. The second-order valence-corrected chi connectivity index (χ2v) is 11.4. The van der Waals surface area contributed by atoms with Gasteiger partial charge in [-0.3, -0.25) is 13.8 Å². The second kappa shape index (κ2) is 10.4. The Morgan fingerprint density at radius 2 is 1.44 bits per heavy atom. The summed E-state index contributed by atoms with van der Waals surface area (Å²) in [5, 5.41) is 0. The summed E-state index contributed by atoms with van der Waals surface area (Å²) < 4.78 is 67.2. The molecule has 2 saturated heterocycles. The van der Waals surface area contributed by atoms with Crippen LogP contribution in [0.1, 0.15) is 51.9 Å². The summed E-state index contributed by atoms with van der Waals surface area (Å²) in [6.45, 7) is 11.2. The molecule has 0 N–H and O–H groups in total. The SMILES string of the molecule is CCOC(C)O[C@@H]1[C@H]2OC(C)(C)O[C@H]2[C@@H](OP(=O)(OC)Oc2ccc(C=O)cc2)[C@@H]2OC(C)(C)O[C@@H]12. The molecule has 0 bridgehead atoms. The molecule has 11 nitrogen and oxygen atoms in total. The Kier molecular flexibility index (Phi) is 7.98. The third-order valence-electron chi connectivity index (χ3n) is 6.08. The topological polar surface area (TPSA) is 117 Å². The maximum absolute atomic E-state index is 13.6. The fourth-order valence-electron chi connectivity index (χ4n) is 4.78. The summed E-state index contributed by atoms with van der Waals surface area (Å²) in [5.74, 6) is -1.76. The molecule has 1 aromatic rings. The van der Waals surface area contributed by atoms with Crippen molar-refractivity contribution in [3.8, 4) is 5.75 Å². The van der Waals surface area contributed by atoms with E-state index < -0.39 is 62.3 Å². The lowest BCUT2D eigenvalue weighted by atomic mass is 9.85. The van der Waals surface area contributed by atoms with Crippen LogP contribution in [0.15, 0.2) is 24.3 Å². The number of phosphoric acid groups is 1. The largest absolute Gasteiger partial charge is 0.530 e. The maximum Gasteiger partial charge on any atom is 0.530 e. The van der Waals surface area contributed by atoms with Crippen molar-refractivity contribution in [2.45, 2.75) is 96.0 Å². The lowest BCUT2D eigenvalue weighted by Crippen LogP contribution is -2.63. The van der Waals surface area contributed by atoms with E-state index in [1.807, 2.05) is 6.92 Å². The summed E-state index contributed by atoms with van der Waals surface area (Å²) in [6, 6.07) is 6.06. The van der Waals surface area contributed by atoms with Crippen molar-refractivity contribution in [3.63, 3.8) is 0 Å². The van der Waals surface area contributed by atoms with E-state index in [0.717, 1.165) is 0 Å². The van der Waals surface area contributed by atoms with Gasteiger partial charge in [0.15, 0.2) is 17.9 Å². The summed E-state index contributed by atoms with van der Waals surface area (Å²) in [5.41, 5.74) is 0.443. The van der Waals surface area contributed by atoms with Crippen LogP contribution in [-0.4, -0.2) is 74.5 Å². The number of ether oxygens (including phenoxy) is 6. The smallest absolute Gasteiger partial charge is 0.404 e. The minimum atomic E-state index is -4.18. The minimum Gasteiger partial charge on any atom is -0.404 e. The number of carbonyl (C=O) groups is 1. The van der Waals surface area contributed by atoms with Crippen molar-refractivity contribution in [2.75, 3.05) is 13.7 Å². The maximum atomic E-state index is 13.6. The first-order valence-corrected chi connectivity index (χ1v) is 13.4. The van der Waals surface area contributed by atoms with Crippen molar-refractivity contribution in [1.82, 2.24) is 0 Å². The molecular formula is C24H35O11P. The summed E-state index contributed by atoms with van der Waals surface area (Å²) in [7, 11) is -2.96. The van der Waals surface area contributed by atoms with Gasteiger partial charge in [0.25, 0.3) is 0 Å². The van der Waals surface area contributed by atoms with Gasteiger partial charge < -0.3 is 32.9 Å². The van der Waals surface area contributed by atoms with Crippen LogP contribution in [0.5, 0.6) is 5.75 Å². The van der Waals surface area contributed by atoms with E-state index in [1.54, 1.807) is 34.6 Å². The number of benzene rings is 1. The fourth-order valence-corrected chi connectivity index (χ4v) is 5.90. The summed E-state index contributed by atoms with van der Waals surface area (Å²) in [4.78, 5) is 11.0. The normalized spacial score (nSPS) is 34.9. The molecule has 0 spiro atoms. The number of aldehydes is 1. The predicted octanol–water partition coefficient (Wildman–Crippen LogP) is 3.84. The Bertz CT molecular complexity index is 933. The number of rotatable bonds is 10. The van der Waals surface area contributed by atoms with Gasteiger partial charge in [-0.1, -0.05) is 0 Å². The highest BCUT2D eigenvalue weighted by Gasteiger charge is 2.65. The first kappa shape index (κ1) is 27.6. The van der Waals surface area contributed by atoms with Gasteiger partial charge in [-0.25, -0.2) is 4.57 Å². The standard InChI is InChI=1S/C24H35O11P/c1-8-28-14(2)29-17-18-20(32-23(3,4)30-18)22(21-19(17)31-24(5,6)33-21)35-36(26,27-7)34-16-11-9-15(13-25)10-12-16/h9-14,17-22H,8H2,1-7H3/t14?,17-,18-,19+,20-,21-,22-,36?/m1/s1. The van der Waals surface area contributed by atoms with Crippen molar-refractivity contribution in [2.24, 2.45) is 0 Å².